The van der Waals surface area contributed by atoms with Crippen LogP contribution in [-0.4, -0.2) is 72.0 Å². The van der Waals surface area contributed by atoms with Crippen molar-refractivity contribution in [3.05, 3.63) is 18.3 Å². The summed E-state index contributed by atoms with van der Waals surface area (Å²) in [6, 6.07) is 2.61. The van der Waals surface area contributed by atoms with Crippen LogP contribution in [0.5, 0.6) is 5.75 Å². The van der Waals surface area contributed by atoms with Gasteiger partial charge in [0, 0.05) is 24.4 Å². The fourth-order valence-electron chi connectivity index (χ4n) is 3.93. The highest BCUT2D eigenvalue weighted by Gasteiger charge is 2.36. The van der Waals surface area contributed by atoms with Crippen LogP contribution in [0.3, 0.4) is 0 Å². The monoisotopic (exact) mass is 488 g/mol. The Morgan fingerprint density at radius 3 is 2.50 bits per heavy atom. The van der Waals surface area contributed by atoms with E-state index in [1.54, 1.807) is 6.07 Å². The predicted octanol–water partition coefficient (Wildman–Crippen LogP) is 3.52. The smallest absolute Gasteiger partial charge is 0.402 e. The van der Waals surface area contributed by atoms with E-state index in [4.69, 9.17) is 10.5 Å². The second-order valence-electron chi connectivity index (χ2n) is 8.37. The molecule has 4 rings (SSSR count). The van der Waals surface area contributed by atoms with Gasteiger partial charge in [-0.15, -0.1) is 13.2 Å². The van der Waals surface area contributed by atoms with Crippen molar-refractivity contribution in [1.82, 2.24) is 15.0 Å². The van der Waals surface area contributed by atoms with Crippen LogP contribution in [0.15, 0.2) is 18.3 Å². The molecule has 4 heterocycles. The minimum Gasteiger partial charge on any atom is -0.402 e. The number of hydrogen-bond acceptors (Lipinski definition) is 8. The lowest BCUT2D eigenvalue weighted by Gasteiger charge is -2.39. The molecule has 0 bridgehead atoms. The van der Waals surface area contributed by atoms with Crippen molar-refractivity contribution in [1.29, 1.82) is 0 Å². The van der Waals surface area contributed by atoms with E-state index in [9.17, 15) is 22.0 Å². The van der Waals surface area contributed by atoms with Crippen LogP contribution in [-0.2, 0) is 4.74 Å². The Kier molecular flexibility index (Phi) is 6.65. The van der Waals surface area contributed by atoms with Crippen molar-refractivity contribution in [3.8, 4) is 17.0 Å². The molecular weight excluding hydrogens is 463 g/mol. The molecular formula is C21H25F5N6O2. The number of morpholine rings is 1. The number of nitrogens with two attached hydrogens (primary N) is 1. The SMILES string of the molecule is CC[C@H]1CN(c2cc(-c3cnc(N)c(OC(F)(F)F)c3)nc(N3C[C@@H](F)[C@@H](F)C3)n2)[C@@H](C)CO1. The van der Waals surface area contributed by atoms with Gasteiger partial charge in [-0.3, -0.25) is 0 Å². The molecule has 0 amide bonds. The summed E-state index contributed by atoms with van der Waals surface area (Å²) in [5.74, 6) is -0.589. The van der Waals surface area contributed by atoms with E-state index in [1.807, 2.05) is 18.7 Å². The van der Waals surface area contributed by atoms with Crippen LogP contribution in [0.25, 0.3) is 11.3 Å². The molecule has 186 valence electrons. The third-order valence-electron chi connectivity index (χ3n) is 5.82. The summed E-state index contributed by atoms with van der Waals surface area (Å²) in [4.78, 5) is 16.1. The van der Waals surface area contributed by atoms with Gasteiger partial charge in [0.25, 0.3) is 0 Å². The average molecular weight is 488 g/mol. The molecule has 34 heavy (non-hydrogen) atoms. The predicted molar refractivity (Wildman–Crippen MR) is 115 cm³/mol. The highest BCUT2D eigenvalue weighted by Crippen LogP contribution is 2.34. The Bertz CT molecular complexity index is 1020. The Morgan fingerprint density at radius 2 is 1.85 bits per heavy atom. The lowest BCUT2D eigenvalue weighted by molar-refractivity contribution is -0.274. The highest BCUT2D eigenvalue weighted by molar-refractivity contribution is 5.68. The van der Waals surface area contributed by atoms with Crippen molar-refractivity contribution < 1.29 is 31.4 Å². The van der Waals surface area contributed by atoms with Crippen LogP contribution in [0.1, 0.15) is 20.3 Å². The van der Waals surface area contributed by atoms with E-state index in [0.717, 1.165) is 12.5 Å². The summed E-state index contributed by atoms with van der Waals surface area (Å²) in [7, 11) is 0. The van der Waals surface area contributed by atoms with Gasteiger partial charge in [-0.2, -0.15) is 4.98 Å². The Morgan fingerprint density at radius 1 is 1.15 bits per heavy atom. The van der Waals surface area contributed by atoms with Crippen LogP contribution in [0, 0.1) is 0 Å². The minimum absolute atomic E-state index is 0.0414. The molecule has 2 N–H and O–H groups in total. The number of ether oxygens (including phenoxy) is 2. The molecule has 2 saturated heterocycles. The third kappa shape index (κ3) is 5.24. The summed E-state index contributed by atoms with van der Waals surface area (Å²) in [5.41, 5.74) is 5.94. The maximum absolute atomic E-state index is 13.9. The molecule has 0 aromatic carbocycles. The zero-order valence-corrected chi connectivity index (χ0v) is 18.6. The summed E-state index contributed by atoms with van der Waals surface area (Å²) in [6.45, 7) is 4.44. The number of halogens is 5. The molecule has 0 aliphatic carbocycles. The minimum atomic E-state index is -4.96. The second kappa shape index (κ2) is 9.35. The number of aromatic nitrogens is 3. The van der Waals surface area contributed by atoms with Crippen LogP contribution in [0.2, 0.25) is 0 Å². The van der Waals surface area contributed by atoms with Crippen molar-refractivity contribution >= 4 is 17.6 Å². The number of rotatable bonds is 5. The molecule has 0 saturated carbocycles. The van der Waals surface area contributed by atoms with Gasteiger partial charge < -0.3 is 25.0 Å². The fourth-order valence-corrected chi connectivity index (χ4v) is 3.93. The molecule has 4 atom stereocenters. The molecule has 2 aromatic rings. The molecule has 2 aliphatic rings. The first-order chi connectivity index (χ1) is 16.0. The standard InChI is InChI=1S/C21H25F5N6O2/c1-3-13-7-32(11(2)10-33-13)18-5-16(29-20(30-18)31-8-14(22)15(23)9-31)12-4-17(19(27)28-6-12)34-21(24,25)26/h4-6,11,13-15H,3,7-10H2,1-2H3,(H2,27,28)/t11-,13-,14-,15+/m0/s1. The quantitative estimate of drug-likeness (QED) is 0.640. The normalized spacial score (nSPS) is 25.6. The van der Waals surface area contributed by atoms with E-state index in [1.165, 1.54) is 11.1 Å². The summed E-state index contributed by atoms with van der Waals surface area (Å²) in [6.07, 6.45) is -6.35. The van der Waals surface area contributed by atoms with Crippen molar-refractivity contribution in [2.75, 3.05) is 41.8 Å². The van der Waals surface area contributed by atoms with Crippen LogP contribution in [0.4, 0.5) is 39.5 Å². The zero-order chi connectivity index (χ0) is 24.6. The lowest BCUT2D eigenvalue weighted by atomic mass is 10.1. The van der Waals surface area contributed by atoms with Gasteiger partial charge in [-0.25, -0.2) is 18.7 Å². The van der Waals surface area contributed by atoms with E-state index in [-0.39, 0.29) is 42.4 Å². The molecule has 0 spiro atoms. The van der Waals surface area contributed by atoms with Gasteiger partial charge >= 0.3 is 6.36 Å². The topological polar surface area (TPSA) is 89.6 Å². The number of hydrogen-bond donors (Lipinski definition) is 1. The van der Waals surface area contributed by atoms with Gasteiger partial charge in [0.05, 0.1) is 37.5 Å². The van der Waals surface area contributed by atoms with Crippen LogP contribution < -0.4 is 20.3 Å². The van der Waals surface area contributed by atoms with Gasteiger partial charge in [-0.05, 0) is 19.4 Å². The van der Waals surface area contributed by atoms with E-state index in [0.29, 0.717) is 19.0 Å². The Hall–Kier alpha value is -2.96. The zero-order valence-electron chi connectivity index (χ0n) is 18.6. The number of nitrogens with zero attached hydrogens (tertiary/aromatic N) is 5. The van der Waals surface area contributed by atoms with Gasteiger partial charge in [0.15, 0.2) is 23.9 Å². The van der Waals surface area contributed by atoms with Gasteiger partial charge in [0.1, 0.15) is 5.82 Å². The number of anilines is 3. The highest BCUT2D eigenvalue weighted by atomic mass is 19.4. The number of pyridine rings is 1. The maximum Gasteiger partial charge on any atom is 0.573 e. The van der Waals surface area contributed by atoms with E-state index >= 15 is 0 Å². The number of alkyl halides is 5. The number of nitrogen functional groups attached to an aromatic ring is 1. The average Bonchev–Trinajstić information content (AvgIpc) is 3.12. The molecule has 0 unspecified atom stereocenters. The lowest BCUT2D eigenvalue weighted by Crippen LogP contribution is -2.48. The maximum atomic E-state index is 13.9. The van der Waals surface area contributed by atoms with E-state index < -0.39 is 30.3 Å². The van der Waals surface area contributed by atoms with Crippen molar-refractivity contribution in [2.45, 2.75) is 51.1 Å². The molecule has 8 nitrogen and oxygen atoms in total. The fraction of sp³-hybridized carbons (Fsp3) is 0.571. The van der Waals surface area contributed by atoms with Crippen molar-refractivity contribution in [3.63, 3.8) is 0 Å². The van der Waals surface area contributed by atoms with Gasteiger partial charge in [-0.1, -0.05) is 6.92 Å². The summed E-state index contributed by atoms with van der Waals surface area (Å²) in [5, 5.41) is 0. The first kappa shape index (κ1) is 24.2. The summed E-state index contributed by atoms with van der Waals surface area (Å²) < 4.78 is 75.9. The molecule has 0 radical (unpaired) electrons. The molecule has 13 heteroatoms. The van der Waals surface area contributed by atoms with E-state index in [2.05, 4.69) is 19.7 Å². The third-order valence-corrected chi connectivity index (χ3v) is 5.82. The molecule has 2 aliphatic heterocycles. The second-order valence-corrected chi connectivity index (χ2v) is 8.37. The van der Waals surface area contributed by atoms with Crippen molar-refractivity contribution in [2.24, 2.45) is 0 Å². The first-order valence-electron chi connectivity index (χ1n) is 10.9. The first-order valence-corrected chi connectivity index (χ1v) is 10.9. The Balaban J connectivity index is 1.77. The van der Waals surface area contributed by atoms with Crippen LogP contribution >= 0.6 is 0 Å². The Labute approximate surface area is 192 Å². The summed E-state index contributed by atoms with van der Waals surface area (Å²) >= 11 is 0. The molecule has 2 fully saturated rings. The molecule has 2 aromatic heterocycles. The van der Waals surface area contributed by atoms with Gasteiger partial charge in [0.2, 0.25) is 5.95 Å². The largest absolute Gasteiger partial charge is 0.573 e.